The molecule has 2 aromatic rings. The third-order valence-electron chi connectivity index (χ3n) is 3.38. The van der Waals surface area contributed by atoms with Crippen molar-refractivity contribution in [1.29, 1.82) is 0 Å². The molecule has 27 heavy (non-hydrogen) atoms. The first-order chi connectivity index (χ1) is 12.9. The van der Waals surface area contributed by atoms with E-state index >= 15 is 0 Å². The van der Waals surface area contributed by atoms with Crippen LogP contribution < -0.4 is 20.7 Å². The Morgan fingerprint density at radius 1 is 1.07 bits per heavy atom. The lowest BCUT2D eigenvalue weighted by Gasteiger charge is -2.08. The van der Waals surface area contributed by atoms with E-state index < -0.39 is 10.1 Å². The summed E-state index contributed by atoms with van der Waals surface area (Å²) >= 11 is 0. The van der Waals surface area contributed by atoms with E-state index in [-0.39, 0.29) is 10.9 Å². The number of aryl methyl sites for hydroxylation is 1. The van der Waals surface area contributed by atoms with Crippen LogP contribution in [0.5, 0.6) is 11.5 Å². The molecule has 0 heterocycles. The van der Waals surface area contributed by atoms with Crippen LogP contribution in [0.15, 0.2) is 57.6 Å². The average molecular weight is 392 g/mol. The average Bonchev–Trinajstić information content (AvgIpc) is 2.66. The Morgan fingerprint density at radius 3 is 2.22 bits per heavy atom. The number of nitrogens with two attached hydrogens (primary N) is 1. The second-order valence-electron chi connectivity index (χ2n) is 5.26. The molecule has 0 amide bonds. The second-order valence-corrected chi connectivity index (χ2v) is 6.80. The number of nitrogens with zero attached hydrogens (tertiary/aromatic N) is 2. The van der Waals surface area contributed by atoms with Crippen LogP contribution in [0.1, 0.15) is 11.1 Å². The minimum absolute atomic E-state index is 0.0179. The first-order valence-corrected chi connectivity index (χ1v) is 9.12. The molecular weight excluding hydrogens is 372 g/mol. The number of benzene rings is 2. The van der Waals surface area contributed by atoms with E-state index in [0.717, 1.165) is 5.56 Å². The van der Waals surface area contributed by atoms with Crippen molar-refractivity contribution in [3.8, 4) is 11.5 Å². The van der Waals surface area contributed by atoms with Crippen LogP contribution in [0.2, 0.25) is 0 Å². The molecule has 0 spiro atoms. The van der Waals surface area contributed by atoms with Crippen LogP contribution in [0.25, 0.3) is 0 Å². The number of guanidine groups is 1. The zero-order chi connectivity index (χ0) is 19.9. The van der Waals surface area contributed by atoms with Crippen LogP contribution in [-0.2, 0) is 14.4 Å². The summed E-state index contributed by atoms with van der Waals surface area (Å²) in [5.74, 6) is 0.701. The Labute approximate surface area is 157 Å². The van der Waals surface area contributed by atoms with Crippen molar-refractivity contribution in [1.82, 2.24) is 5.48 Å². The SMILES string of the molecule is COc1cccc(OC)c1C=NN=C(N)NOS(=O)(=O)c1ccc(C)cc1. The quantitative estimate of drug-likeness (QED) is 0.416. The molecule has 0 bridgehead atoms. The van der Waals surface area contributed by atoms with E-state index in [2.05, 4.69) is 14.5 Å². The van der Waals surface area contributed by atoms with Crippen LogP contribution in [0.4, 0.5) is 0 Å². The third-order valence-corrected chi connectivity index (χ3v) is 4.54. The fourth-order valence-corrected chi connectivity index (χ4v) is 2.79. The predicted molar refractivity (Wildman–Crippen MR) is 101 cm³/mol. The lowest BCUT2D eigenvalue weighted by Crippen LogP contribution is -2.33. The topological polar surface area (TPSA) is 125 Å². The summed E-state index contributed by atoms with van der Waals surface area (Å²) in [7, 11) is -1.02. The number of methoxy groups -OCH3 is 2. The van der Waals surface area contributed by atoms with E-state index in [0.29, 0.717) is 17.1 Å². The maximum Gasteiger partial charge on any atom is 0.317 e. The van der Waals surface area contributed by atoms with E-state index in [1.165, 1.54) is 32.6 Å². The maximum atomic E-state index is 12.0. The Balaban J connectivity index is 2.06. The molecule has 2 aromatic carbocycles. The first-order valence-electron chi connectivity index (χ1n) is 7.71. The zero-order valence-corrected chi connectivity index (χ0v) is 15.9. The number of hydrogen-bond acceptors (Lipinski definition) is 7. The Morgan fingerprint density at radius 2 is 1.67 bits per heavy atom. The van der Waals surface area contributed by atoms with Crippen LogP contribution in [-0.4, -0.2) is 34.8 Å². The molecule has 10 heteroatoms. The molecule has 0 saturated carbocycles. The molecule has 0 radical (unpaired) electrons. The van der Waals surface area contributed by atoms with E-state index in [4.69, 9.17) is 15.2 Å². The molecule has 2 rings (SSSR count). The fraction of sp³-hybridized carbons (Fsp3) is 0.176. The van der Waals surface area contributed by atoms with Crippen molar-refractivity contribution in [2.75, 3.05) is 14.2 Å². The van der Waals surface area contributed by atoms with Gasteiger partial charge in [-0.05, 0) is 31.2 Å². The van der Waals surface area contributed by atoms with Gasteiger partial charge in [-0.2, -0.15) is 13.5 Å². The Bertz CT molecular complexity index is 918. The second kappa shape index (κ2) is 9.01. The van der Waals surface area contributed by atoms with E-state index in [1.807, 2.05) is 12.4 Å². The lowest BCUT2D eigenvalue weighted by atomic mass is 10.2. The van der Waals surface area contributed by atoms with Crippen molar-refractivity contribution in [2.24, 2.45) is 15.9 Å². The van der Waals surface area contributed by atoms with E-state index in [1.54, 1.807) is 30.3 Å². The fourth-order valence-electron chi connectivity index (χ4n) is 2.03. The standard InChI is InChI=1S/C17H20N4O5S/c1-12-7-9-13(10-8-12)27(22,23)26-21-17(18)20-19-11-14-15(24-2)5-4-6-16(14)25-3/h4-11H,1-3H3,(H3,18,20,21). The largest absolute Gasteiger partial charge is 0.496 e. The molecule has 0 aliphatic carbocycles. The summed E-state index contributed by atoms with van der Waals surface area (Å²) in [6.45, 7) is 1.84. The molecular formula is C17H20N4O5S. The van der Waals surface area contributed by atoms with Gasteiger partial charge in [0.1, 0.15) is 11.5 Å². The minimum Gasteiger partial charge on any atom is -0.496 e. The minimum atomic E-state index is -4.03. The first kappa shape index (κ1) is 20.2. The van der Waals surface area contributed by atoms with Crippen molar-refractivity contribution in [2.45, 2.75) is 11.8 Å². The van der Waals surface area contributed by atoms with Crippen LogP contribution in [0, 0.1) is 6.92 Å². The van der Waals surface area contributed by atoms with E-state index in [9.17, 15) is 8.42 Å². The molecule has 9 nitrogen and oxygen atoms in total. The van der Waals surface area contributed by atoms with Gasteiger partial charge in [-0.1, -0.05) is 23.8 Å². The summed E-state index contributed by atoms with van der Waals surface area (Å²) in [5, 5.41) is 7.42. The van der Waals surface area contributed by atoms with Gasteiger partial charge >= 0.3 is 10.1 Å². The number of hydroxylamine groups is 1. The van der Waals surface area contributed by atoms with Gasteiger partial charge in [-0.15, -0.1) is 9.39 Å². The lowest BCUT2D eigenvalue weighted by molar-refractivity contribution is 0.266. The van der Waals surface area contributed by atoms with Crippen molar-refractivity contribution < 1.29 is 22.2 Å². The van der Waals surface area contributed by atoms with Crippen molar-refractivity contribution in [3.63, 3.8) is 0 Å². The van der Waals surface area contributed by atoms with Gasteiger partial charge in [0.25, 0.3) is 0 Å². The molecule has 0 aliphatic rings. The van der Waals surface area contributed by atoms with Gasteiger partial charge in [-0.25, -0.2) is 5.48 Å². The van der Waals surface area contributed by atoms with Gasteiger partial charge in [-0.3, -0.25) is 0 Å². The normalized spacial score (nSPS) is 12.2. The number of hydrogen-bond donors (Lipinski definition) is 2. The molecule has 0 aliphatic heterocycles. The molecule has 3 N–H and O–H groups in total. The van der Waals surface area contributed by atoms with Gasteiger partial charge in [0.2, 0.25) is 5.96 Å². The molecule has 0 saturated heterocycles. The smallest absolute Gasteiger partial charge is 0.317 e. The summed E-state index contributed by atoms with van der Waals surface area (Å²) in [5.41, 5.74) is 9.07. The van der Waals surface area contributed by atoms with Gasteiger partial charge in [0.15, 0.2) is 0 Å². The van der Waals surface area contributed by atoms with Crippen LogP contribution >= 0.6 is 0 Å². The molecule has 0 unspecified atom stereocenters. The highest BCUT2D eigenvalue weighted by molar-refractivity contribution is 7.86. The van der Waals surface area contributed by atoms with Crippen molar-refractivity contribution in [3.05, 3.63) is 53.6 Å². The van der Waals surface area contributed by atoms with Gasteiger partial charge < -0.3 is 15.2 Å². The highest BCUT2D eigenvalue weighted by atomic mass is 32.2. The monoisotopic (exact) mass is 392 g/mol. The number of ether oxygens (including phenoxy) is 2. The summed E-state index contributed by atoms with van der Waals surface area (Å²) in [6, 6.07) is 11.4. The number of nitrogens with one attached hydrogen (secondary N) is 1. The number of rotatable bonds is 7. The highest BCUT2D eigenvalue weighted by Gasteiger charge is 2.15. The predicted octanol–water partition coefficient (Wildman–Crippen LogP) is 1.57. The highest BCUT2D eigenvalue weighted by Crippen LogP contribution is 2.26. The molecule has 0 atom stereocenters. The Kier molecular flexibility index (Phi) is 6.74. The maximum absolute atomic E-state index is 12.0. The third kappa shape index (κ3) is 5.43. The van der Waals surface area contributed by atoms with Crippen molar-refractivity contribution >= 4 is 22.3 Å². The summed E-state index contributed by atoms with van der Waals surface area (Å²) < 4.78 is 39.2. The summed E-state index contributed by atoms with van der Waals surface area (Å²) in [6.07, 6.45) is 1.36. The van der Waals surface area contributed by atoms with Crippen LogP contribution in [0.3, 0.4) is 0 Å². The van der Waals surface area contributed by atoms with Gasteiger partial charge in [0.05, 0.1) is 30.9 Å². The Hall–Kier alpha value is -3.11. The molecule has 0 aromatic heterocycles. The molecule has 0 fully saturated rings. The van der Waals surface area contributed by atoms with Gasteiger partial charge in [0, 0.05) is 0 Å². The zero-order valence-electron chi connectivity index (χ0n) is 15.0. The molecule has 144 valence electrons. The summed E-state index contributed by atoms with van der Waals surface area (Å²) in [4.78, 5) is -0.0179.